The van der Waals surface area contributed by atoms with E-state index in [1.807, 2.05) is 60.7 Å². The van der Waals surface area contributed by atoms with Gasteiger partial charge < -0.3 is 96.8 Å². The first-order valence-corrected chi connectivity index (χ1v) is 28.0. The van der Waals surface area contributed by atoms with Crippen LogP contribution in [0.2, 0.25) is 0 Å². The molecule has 0 unspecified atom stereocenters. The monoisotopic (exact) mass is 1300 g/mol. The van der Waals surface area contributed by atoms with Gasteiger partial charge in [0, 0.05) is 104 Å². The van der Waals surface area contributed by atoms with Crippen molar-refractivity contribution in [1.29, 1.82) is 0 Å². The Morgan fingerprint density at radius 3 is 1.26 bits per heavy atom. The Morgan fingerprint density at radius 1 is 0.354 bits per heavy atom. The van der Waals surface area contributed by atoms with E-state index < -0.39 is 23.6 Å². The van der Waals surface area contributed by atoms with Crippen molar-refractivity contribution in [3.8, 4) is 17.2 Å². The number of guanidine groups is 6. The van der Waals surface area contributed by atoms with Gasteiger partial charge in [-0.25, -0.2) is 0 Å². The highest BCUT2D eigenvalue weighted by molar-refractivity contribution is 6.10. The lowest BCUT2D eigenvalue weighted by atomic mass is 10.1. The maximum atomic E-state index is 11.7. The fourth-order valence-corrected chi connectivity index (χ4v) is 8.56. The Labute approximate surface area is 542 Å². The van der Waals surface area contributed by atoms with Gasteiger partial charge >= 0.3 is 0 Å². The van der Waals surface area contributed by atoms with Gasteiger partial charge in [-0.05, 0) is 109 Å². The molecular formula is C63H66N24O9. The largest absolute Gasteiger partial charge is 0.508 e. The number of aromatic hydroxyl groups is 3. The molecule has 0 aliphatic heterocycles. The number of para-hydroxylation sites is 2. The molecule has 6 heterocycles. The summed E-state index contributed by atoms with van der Waals surface area (Å²) in [6.07, 6.45) is 1.81. The molecule has 30 N–H and O–H groups in total. The van der Waals surface area contributed by atoms with Crippen molar-refractivity contribution in [2.24, 2.45) is 81.6 Å². The number of fused-ring (bicyclic) bond motifs is 6. The molecule has 0 spiro atoms. The molecule has 0 fully saturated rings. The maximum absolute atomic E-state index is 11.7. The molecule has 0 radical (unpaired) electrons. The number of phenolic OH excluding ortho intramolecular Hbond substituents is 3. The topological polar surface area (TPSA) is 602 Å². The van der Waals surface area contributed by atoms with Crippen LogP contribution in [0.4, 0.5) is 0 Å². The smallest absolute Gasteiger partial charge is 0.296 e. The van der Waals surface area contributed by atoms with Crippen LogP contribution >= 0.6 is 0 Å². The molecule has 0 aliphatic carbocycles. The molecule has 0 saturated carbocycles. The number of phenols is 3. The van der Waals surface area contributed by atoms with Crippen LogP contribution in [-0.4, -0.2) is 138 Å². The number of benzene rings is 6. The number of nitrogens with zero attached hydrogens (tertiary/aromatic N) is 6. The number of aliphatic imine (C=N–C) groups is 6. The minimum atomic E-state index is -0.466. The highest BCUT2D eigenvalue weighted by Gasteiger charge is 2.15. The summed E-state index contributed by atoms with van der Waals surface area (Å²) >= 11 is 0. The van der Waals surface area contributed by atoms with E-state index in [-0.39, 0.29) is 64.8 Å². The van der Waals surface area contributed by atoms with Gasteiger partial charge in [0.15, 0.2) is 35.8 Å². The van der Waals surface area contributed by atoms with Crippen LogP contribution in [0.1, 0.15) is 62.8 Å². The van der Waals surface area contributed by atoms with Gasteiger partial charge in [0.2, 0.25) is 0 Å². The second kappa shape index (κ2) is 31.9. The molecule has 6 aromatic heterocycles. The lowest BCUT2D eigenvalue weighted by Gasteiger charge is -2.00. The number of aromatic nitrogens is 6. The number of H-pyrrole nitrogens is 6. The van der Waals surface area contributed by atoms with Gasteiger partial charge in [-0.1, -0.05) is 42.5 Å². The number of nitrogens with one attached hydrogen (secondary N) is 9. The number of hydrogen-bond acceptors (Lipinski definition) is 12. The average molecular weight is 1300 g/mol. The number of rotatable bonds is 6. The summed E-state index contributed by atoms with van der Waals surface area (Å²) in [7, 11) is 4.45. The highest BCUT2D eigenvalue weighted by Crippen LogP contribution is 2.26. The van der Waals surface area contributed by atoms with Crippen LogP contribution in [0, 0.1) is 0 Å². The summed E-state index contributed by atoms with van der Waals surface area (Å²) in [6.45, 7) is 0. The van der Waals surface area contributed by atoms with Crippen molar-refractivity contribution in [2.45, 2.75) is 0 Å². The number of amides is 6. The van der Waals surface area contributed by atoms with Gasteiger partial charge in [0.25, 0.3) is 35.4 Å². The Bertz CT molecular complexity index is 4710. The lowest BCUT2D eigenvalue weighted by molar-refractivity contribution is 0.0964. The SMILES string of the molecule is CN=C(N)NC(=O)c1cc2c(O)cccc2[nH]1.CN=C(N)NC(=O)c1cc2cc(O)ccc2[nH]1.CN=C(N)NC(=O)c1cc2ccc(O)cc2[nH]1.NC(N)=NC(=O)c1cc2ccccc2[nH]1.NC(N)=NC(=O)c1cc2ccccc2[nH]1.NC(N)=NC(=O)c1ccc2[nH]ccc2c1. The van der Waals surface area contributed by atoms with E-state index in [0.717, 1.165) is 49.0 Å². The third-order valence-corrected chi connectivity index (χ3v) is 13.0. The van der Waals surface area contributed by atoms with Crippen molar-refractivity contribution in [3.05, 3.63) is 198 Å². The second-order valence-electron chi connectivity index (χ2n) is 19.9. The first kappa shape index (κ1) is 69.1. The Morgan fingerprint density at radius 2 is 0.750 bits per heavy atom. The summed E-state index contributed by atoms with van der Waals surface area (Å²) in [5.74, 6) is -2.65. The van der Waals surface area contributed by atoms with Crippen LogP contribution in [0.5, 0.6) is 17.2 Å². The fourth-order valence-electron chi connectivity index (χ4n) is 8.56. The van der Waals surface area contributed by atoms with Crippen LogP contribution < -0.4 is 67.6 Å². The van der Waals surface area contributed by atoms with Gasteiger partial charge in [-0.3, -0.25) is 59.7 Å². The molecule has 0 aliphatic rings. The number of aromatic amines is 6. The van der Waals surface area contributed by atoms with E-state index in [0.29, 0.717) is 50.5 Å². The standard InChI is InChI=1S/3C11H12N4O2.3C10H10N4O/c1-13-11(12)15-10(17)9-5-6-4-7(16)2-3-8(6)14-9;1-13-11(12)15-10(17)9-4-6-2-3-7(16)5-8(6)14-9;1-13-11(12)15-10(17)8-5-6-7(14-8)3-2-4-9(6)16;11-10(12)14-9(15)7-1-2-8-6(5-7)3-4-13-8;2*11-10(12)14-9(15)8-5-6-3-1-2-4-7(6)13-8/h3*2-5,14,16H,1H3,(H3,12,13,15,17);3*1-5,13H,(H4,11,12,14,15). The van der Waals surface area contributed by atoms with Crippen molar-refractivity contribution in [1.82, 2.24) is 45.9 Å². The second-order valence-corrected chi connectivity index (χ2v) is 19.9. The molecule has 33 heteroatoms. The average Bonchev–Trinajstić information content (AvgIpc) is 1.79. The predicted molar refractivity (Wildman–Crippen MR) is 370 cm³/mol. The zero-order chi connectivity index (χ0) is 69.8. The molecule has 0 saturated heterocycles. The number of nitrogens with two attached hydrogens (primary N) is 9. The van der Waals surface area contributed by atoms with E-state index in [9.17, 15) is 44.1 Å². The van der Waals surface area contributed by atoms with Gasteiger partial charge in [0.1, 0.15) is 45.7 Å². The van der Waals surface area contributed by atoms with Gasteiger partial charge in [-0.2, -0.15) is 15.0 Å². The van der Waals surface area contributed by atoms with E-state index in [1.54, 1.807) is 103 Å². The Hall–Kier alpha value is -14.4. The molecule has 492 valence electrons. The van der Waals surface area contributed by atoms with E-state index >= 15 is 0 Å². The van der Waals surface area contributed by atoms with Crippen LogP contribution in [0.3, 0.4) is 0 Å². The number of carbonyl (C=O) groups is 6. The summed E-state index contributed by atoms with van der Waals surface area (Å²) in [6, 6.07) is 45.1. The van der Waals surface area contributed by atoms with Crippen LogP contribution in [0.25, 0.3) is 65.4 Å². The van der Waals surface area contributed by atoms with E-state index in [4.69, 9.17) is 51.6 Å². The zero-order valence-corrected chi connectivity index (χ0v) is 51.3. The third kappa shape index (κ3) is 19.1. The molecule has 0 bridgehead atoms. The summed E-state index contributed by atoms with van der Waals surface area (Å²) in [4.78, 5) is 108. The fraction of sp³-hybridized carbons (Fsp3) is 0.0476. The summed E-state index contributed by atoms with van der Waals surface area (Å²) < 4.78 is 0. The predicted octanol–water partition coefficient (Wildman–Crippen LogP) is 3.39. The van der Waals surface area contributed by atoms with Crippen LogP contribution in [-0.2, 0) is 0 Å². The van der Waals surface area contributed by atoms with Gasteiger partial charge in [-0.15, -0.1) is 0 Å². The van der Waals surface area contributed by atoms with E-state index in [2.05, 4.69) is 75.8 Å². The molecule has 6 aromatic carbocycles. The van der Waals surface area contributed by atoms with Gasteiger partial charge in [0.05, 0.1) is 0 Å². The molecule has 96 heavy (non-hydrogen) atoms. The maximum Gasteiger partial charge on any atom is 0.296 e. The summed E-state index contributed by atoms with van der Waals surface area (Å²) in [5, 5.41) is 40.5. The quantitative estimate of drug-likeness (QED) is 0.0838. The molecule has 33 nitrogen and oxygen atoms in total. The van der Waals surface area contributed by atoms with Crippen molar-refractivity contribution >= 4 is 137 Å². The first-order chi connectivity index (χ1) is 45.8. The number of carbonyl (C=O) groups excluding carboxylic acids is 6. The highest BCUT2D eigenvalue weighted by atomic mass is 16.3. The zero-order valence-electron chi connectivity index (χ0n) is 51.3. The first-order valence-electron chi connectivity index (χ1n) is 28.0. The van der Waals surface area contributed by atoms with Crippen LogP contribution in [0.15, 0.2) is 194 Å². The van der Waals surface area contributed by atoms with E-state index in [1.165, 1.54) is 21.1 Å². The molecule has 6 amide bonds. The summed E-state index contributed by atoms with van der Waals surface area (Å²) in [5.41, 5.74) is 54.0. The molecule has 0 atom stereocenters. The third-order valence-electron chi connectivity index (χ3n) is 13.0. The molecular weight excluding hydrogens is 1240 g/mol. The van der Waals surface area contributed by atoms with Crippen molar-refractivity contribution in [2.75, 3.05) is 21.1 Å². The molecule has 12 rings (SSSR count). The lowest BCUT2D eigenvalue weighted by Crippen LogP contribution is -2.36. The van der Waals surface area contributed by atoms with Crippen molar-refractivity contribution < 1.29 is 44.1 Å². The molecule has 12 aromatic rings. The number of hydrogen-bond donors (Lipinski definition) is 21. The van der Waals surface area contributed by atoms with Crippen molar-refractivity contribution in [3.63, 3.8) is 0 Å². The Kier molecular flexibility index (Phi) is 22.9. The Balaban J connectivity index is 0.000000163. The normalized spacial score (nSPS) is 11.0. The minimum Gasteiger partial charge on any atom is -0.508 e. The minimum absolute atomic E-state index is 0.0397.